The van der Waals surface area contributed by atoms with Crippen LogP contribution in [-0.2, 0) is 4.79 Å². The second-order valence-corrected chi connectivity index (χ2v) is 6.63. The third kappa shape index (κ3) is 4.01. The molecule has 2 N–H and O–H groups in total. The largest absolute Gasteiger partial charge is 0.493 e. The van der Waals surface area contributed by atoms with Crippen LogP contribution in [0.2, 0.25) is 5.02 Å². The predicted octanol–water partition coefficient (Wildman–Crippen LogP) is 4.84. The van der Waals surface area contributed by atoms with Gasteiger partial charge in [-0.2, -0.15) is 0 Å². The molecule has 1 amide bonds. The number of aromatic nitrogens is 1. The van der Waals surface area contributed by atoms with Gasteiger partial charge in [0.25, 0.3) is 11.6 Å². The van der Waals surface area contributed by atoms with E-state index in [0.717, 1.165) is 4.90 Å². The lowest BCUT2D eigenvalue weighted by Gasteiger charge is -1.98. The predicted molar refractivity (Wildman–Crippen MR) is 98.3 cm³/mol. The number of carbonyl (C=O) groups is 1. The van der Waals surface area contributed by atoms with Crippen molar-refractivity contribution in [1.82, 2.24) is 4.98 Å². The zero-order valence-corrected chi connectivity index (χ0v) is 14.6. The molecule has 0 fully saturated rings. The topological polar surface area (TPSA) is 121 Å². The number of aromatic amines is 1. The molecular formula is C16H11ClN4O4S. The number of nitro benzene ring substituents is 1. The van der Waals surface area contributed by atoms with Gasteiger partial charge in [-0.1, -0.05) is 11.6 Å². The summed E-state index contributed by atoms with van der Waals surface area (Å²) < 4.78 is 0. The number of fused-ring (bicyclic) bond motifs is 1. The summed E-state index contributed by atoms with van der Waals surface area (Å²) in [5, 5.41) is 29.0. The number of hydrogen-bond donors (Lipinski definition) is 2. The van der Waals surface area contributed by atoms with E-state index in [4.69, 9.17) is 11.6 Å². The summed E-state index contributed by atoms with van der Waals surface area (Å²) in [6.45, 7) is 0. The maximum absolute atomic E-state index is 11.9. The lowest BCUT2D eigenvalue weighted by Crippen LogP contribution is -1.95. The van der Waals surface area contributed by atoms with E-state index in [9.17, 15) is 20.0 Å². The summed E-state index contributed by atoms with van der Waals surface area (Å²) in [6, 6.07) is 11.0. The number of carbonyl (C=O) groups excluding carboxylic acids is 1. The number of aromatic hydroxyl groups is 1. The molecule has 0 spiro atoms. The Kier molecular flexibility index (Phi) is 5.19. The first-order valence-corrected chi connectivity index (χ1v) is 8.62. The standard InChI is InChI=1S/C16H11ClN4O4S/c17-9-1-4-11(5-2-9)26-8-14(22)19-20-15-12-7-10(21(24)25)3-6-13(12)18-16(15)23/h1-7,18,23H,8H2. The Labute approximate surface area is 156 Å². The van der Waals surface area contributed by atoms with Crippen LogP contribution in [0.1, 0.15) is 0 Å². The molecule has 0 aliphatic heterocycles. The molecule has 0 aliphatic rings. The van der Waals surface area contributed by atoms with Gasteiger partial charge >= 0.3 is 0 Å². The van der Waals surface area contributed by atoms with E-state index < -0.39 is 10.8 Å². The van der Waals surface area contributed by atoms with E-state index in [2.05, 4.69) is 15.2 Å². The van der Waals surface area contributed by atoms with E-state index in [1.807, 2.05) is 0 Å². The normalized spacial score (nSPS) is 11.3. The summed E-state index contributed by atoms with van der Waals surface area (Å²) in [6.07, 6.45) is 0. The van der Waals surface area contributed by atoms with Crippen LogP contribution < -0.4 is 0 Å². The van der Waals surface area contributed by atoms with Gasteiger partial charge in [-0.05, 0) is 30.3 Å². The van der Waals surface area contributed by atoms with E-state index >= 15 is 0 Å². The molecule has 3 aromatic rings. The van der Waals surface area contributed by atoms with Crippen LogP contribution in [0.5, 0.6) is 5.88 Å². The van der Waals surface area contributed by atoms with Crippen LogP contribution in [-0.4, -0.2) is 26.7 Å². The van der Waals surface area contributed by atoms with Gasteiger partial charge in [0.05, 0.1) is 16.2 Å². The monoisotopic (exact) mass is 390 g/mol. The van der Waals surface area contributed by atoms with E-state index in [1.54, 1.807) is 24.3 Å². The molecule has 0 aliphatic carbocycles. The molecule has 0 atom stereocenters. The van der Waals surface area contributed by atoms with Gasteiger partial charge in [0.15, 0.2) is 5.69 Å². The first kappa shape index (κ1) is 17.9. The van der Waals surface area contributed by atoms with Gasteiger partial charge in [-0.25, -0.2) is 0 Å². The van der Waals surface area contributed by atoms with Crippen LogP contribution >= 0.6 is 23.4 Å². The highest BCUT2D eigenvalue weighted by Gasteiger charge is 2.15. The maximum atomic E-state index is 11.9. The van der Waals surface area contributed by atoms with Crippen molar-refractivity contribution < 1.29 is 14.8 Å². The summed E-state index contributed by atoms with van der Waals surface area (Å²) in [5.74, 6) is -0.777. The number of nitrogens with zero attached hydrogens (tertiary/aromatic N) is 3. The fourth-order valence-electron chi connectivity index (χ4n) is 2.18. The average molecular weight is 391 g/mol. The number of thioether (sulfide) groups is 1. The van der Waals surface area contributed by atoms with E-state index in [-0.39, 0.29) is 23.0 Å². The molecule has 8 nitrogen and oxygen atoms in total. The Hall–Kier alpha value is -2.91. The third-order valence-electron chi connectivity index (χ3n) is 3.38. The van der Waals surface area contributed by atoms with Gasteiger partial charge in [-0.3, -0.25) is 14.9 Å². The van der Waals surface area contributed by atoms with Crippen LogP contribution in [0, 0.1) is 10.1 Å². The number of benzene rings is 2. The number of nitrogens with one attached hydrogen (secondary N) is 1. The Morgan fingerprint density at radius 3 is 2.69 bits per heavy atom. The SMILES string of the molecule is O=C(CSc1ccc(Cl)cc1)N=Nc1c(O)[nH]c2ccc([N+](=O)[O-])cc12. The van der Waals surface area contributed by atoms with Gasteiger partial charge in [0.2, 0.25) is 5.88 Å². The molecule has 132 valence electrons. The molecule has 2 aromatic carbocycles. The lowest BCUT2D eigenvalue weighted by atomic mass is 10.2. The Morgan fingerprint density at radius 2 is 2.00 bits per heavy atom. The summed E-state index contributed by atoms with van der Waals surface area (Å²) >= 11 is 7.06. The van der Waals surface area contributed by atoms with Crippen molar-refractivity contribution in [2.24, 2.45) is 10.2 Å². The first-order chi connectivity index (χ1) is 12.4. The molecule has 0 radical (unpaired) electrons. The molecule has 26 heavy (non-hydrogen) atoms. The third-order valence-corrected chi connectivity index (χ3v) is 4.63. The fourth-order valence-corrected chi connectivity index (χ4v) is 2.98. The van der Waals surface area contributed by atoms with E-state index in [1.165, 1.54) is 30.0 Å². The van der Waals surface area contributed by atoms with Gasteiger partial charge in [0, 0.05) is 27.4 Å². The Bertz CT molecular complexity index is 1020. The smallest absolute Gasteiger partial charge is 0.274 e. The number of nitro groups is 1. The minimum atomic E-state index is -0.557. The molecule has 0 saturated carbocycles. The number of H-pyrrole nitrogens is 1. The van der Waals surface area contributed by atoms with E-state index in [0.29, 0.717) is 15.9 Å². The van der Waals surface area contributed by atoms with Crippen molar-refractivity contribution in [1.29, 1.82) is 0 Å². The number of halogens is 1. The van der Waals surface area contributed by atoms with Crippen molar-refractivity contribution in [2.45, 2.75) is 4.90 Å². The highest BCUT2D eigenvalue weighted by molar-refractivity contribution is 8.00. The average Bonchev–Trinajstić information content (AvgIpc) is 2.93. The minimum absolute atomic E-state index is 0.0199. The summed E-state index contributed by atoms with van der Waals surface area (Å²) in [4.78, 5) is 25.7. The number of azo groups is 1. The minimum Gasteiger partial charge on any atom is -0.493 e. The number of non-ortho nitro benzene ring substituents is 1. The molecule has 10 heteroatoms. The molecule has 0 unspecified atom stereocenters. The van der Waals surface area contributed by atoms with Crippen LogP contribution in [0.25, 0.3) is 10.9 Å². The highest BCUT2D eigenvalue weighted by atomic mass is 35.5. The first-order valence-electron chi connectivity index (χ1n) is 7.26. The molecule has 1 heterocycles. The van der Waals surface area contributed by atoms with Crippen LogP contribution in [0.15, 0.2) is 57.6 Å². The molecule has 1 aromatic heterocycles. The zero-order valence-electron chi connectivity index (χ0n) is 13.0. The van der Waals surface area contributed by atoms with Crippen molar-refractivity contribution in [3.63, 3.8) is 0 Å². The Balaban J connectivity index is 1.75. The van der Waals surface area contributed by atoms with Crippen molar-refractivity contribution >= 4 is 51.5 Å². The summed E-state index contributed by atoms with van der Waals surface area (Å²) in [5.41, 5.74) is 0.274. The molecule has 0 saturated heterocycles. The highest BCUT2D eigenvalue weighted by Crippen LogP contribution is 2.37. The molecule has 0 bridgehead atoms. The maximum Gasteiger partial charge on any atom is 0.274 e. The van der Waals surface area contributed by atoms with Crippen LogP contribution in [0.3, 0.4) is 0 Å². The second kappa shape index (κ2) is 7.54. The molecule has 3 rings (SSSR count). The quantitative estimate of drug-likeness (QED) is 0.279. The fraction of sp³-hybridized carbons (Fsp3) is 0.0625. The Morgan fingerprint density at radius 1 is 1.27 bits per heavy atom. The van der Waals surface area contributed by atoms with Crippen molar-refractivity contribution in [3.05, 3.63) is 57.6 Å². The summed E-state index contributed by atoms with van der Waals surface area (Å²) in [7, 11) is 0. The second-order valence-electron chi connectivity index (χ2n) is 5.15. The molecular weight excluding hydrogens is 380 g/mol. The van der Waals surface area contributed by atoms with Crippen molar-refractivity contribution in [3.8, 4) is 5.88 Å². The number of amides is 1. The van der Waals surface area contributed by atoms with Gasteiger partial charge in [0.1, 0.15) is 0 Å². The number of hydrogen-bond acceptors (Lipinski definition) is 6. The number of rotatable bonds is 5. The van der Waals surface area contributed by atoms with Crippen molar-refractivity contribution in [2.75, 3.05) is 5.75 Å². The van der Waals surface area contributed by atoms with Gasteiger partial charge in [-0.15, -0.1) is 22.0 Å². The van der Waals surface area contributed by atoms with Crippen LogP contribution in [0.4, 0.5) is 11.4 Å². The lowest BCUT2D eigenvalue weighted by molar-refractivity contribution is -0.384. The van der Waals surface area contributed by atoms with Gasteiger partial charge < -0.3 is 10.1 Å². The zero-order chi connectivity index (χ0) is 18.7.